The van der Waals surface area contributed by atoms with Gasteiger partial charge in [-0.3, -0.25) is 9.69 Å². The zero-order valence-electron chi connectivity index (χ0n) is 11.2. The third kappa shape index (κ3) is 2.98. The number of nitrogens with zero attached hydrogens (tertiary/aromatic N) is 1. The molecule has 0 heterocycles. The van der Waals surface area contributed by atoms with Crippen LogP contribution in [0.3, 0.4) is 0 Å². The van der Waals surface area contributed by atoms with Gasteiger partial charge in [0.25, 0.3) is 0 Å². The van der Waals surface area contributed by atoms with E-state index in [1.165, 1.54) is 43.2 Å². The molecular formula is C16H21NO2. The molecule has 3 heteroatoms. The van der Waals surface area contributed by atoms with Gasteiger partial charge in [-0.15, -0.1) is 0 Å². The fourth-order valence-electron chi connectivity index (χ4n) is 3.28. The summed E-state index contributed by atoms with van der Waals surface area (Å²) in [5, 5.41) is 9.04. The third-order valence-corrected chi connectivity index (χ3v) is 4.35. The molecule has 0 aliphatic heterocycles. The van der Waals surface area contributed by atoms with Gasteiger partial charge in [0.2, 0.25) is 0 Å². The van der Waals surface area contributed by atoms with Gasteiger partial charge in [0.05, 0.1) is 6.54 Å². The fourth-order valence-corrected chi connectivity index (χ4v) is 3.28. The van der Waals surface area contributed by atoms with Crippen molar-refractivity contribution in [1.29, 1.82) is 0 Å². The molecule has 1 fully saturated rings. The maximum absolute atomic E-state index is 11.0. The van der Waals surface area contributed by atoms with Crippen molar-refractivity contribution in [2.45, 2.75) is 44.1 Å². The molecule has 0 radical (unpaired) electrons. The van der Waals surface area contributed by atoms with Crippen molar-refractivity contribution >= 4 is 5.97 Å². The van der Waals surface area contributed by atoms with Crippen LogP contribution in [0.15, 0.2) is 24.3 Å². The van der Waals surface area contributed by atoms with Crippen LogP contribution in [-0.4, -0.2) is 35.1 Å². The van der Waals surface area contributed by atoms with Gasteiger partial charge in [0.1, 0.15) is 0 Å². The summed E-state index contributed by atoms with van der Waals surface area (Å²) in [6.07, 6.45) is 5.94. The van der Waals surface area contributed by atoms with Crippen molar-refractivity contribution < 1.29 is 9.90 Å². The van der Waals surface area contributed by atoms with Crippen LogP contribution in [-0.2, 0) is 11.2 Å². The quantitative estimate of drug-likeness (QED) is 0.883. The molecule has 0 bridgehead atoms. The number of carboxylic acids is 1. The van der Waals surface area contributed by atoms with E-state index in [0.29, 0.717) is 12.0 Å². The molecule has 2 aliphatic carbocycles. The highest BCUT2D eigenvalue weighted by atomic mass is 16.4. The van der Waals surface area contributed by atoms with Crippen LogP contribution in [0.5, 0.6) is 0 Å². The van der Waals surface area contributed by atoms with E-state index in [9.17, 15) is 4.79 Å². The molecule has 1 saturated carbocycles. The Morgan fingerprint density at radius 3 is 2.79 bits per heavy atom. The molecule has 2 aliphatic rings. The highest BCUT2D eigenvalue weighted by Crippen LogP contribution is 2.35. The first-order valence-electron chi connectivity index (χ1n) is 7.27. The SMILES string of the molecule is O=C(O)CN(CC1CCCc2ccccc21)C1CC1. The van der Waals surface area contributed by atoms with Gasteiger partial charge in [-0.2, -0.15) is 0 Å². The first kappa shape index (κ1) is 12.7. The van der Waals surface area contributed by atoms with Gasteiger partial charge in [-0.1, -0.05) is 24.3 Å². The molecule has 1 N–H and O–H groups in total. The third-order valence-electron chi connectivity index (χ3n) is 4.35. The monoisotopic (exact) mass is 259 g/mol. The lowest BCUT2D eigenvalue weighted by molar-refractivity contribution is -0.138. The van der Waals surface area contributed by atoms with Crippen molar-refractivity contribution in [2.24, 2.45) is 0 Å². The second-order valence-electron chi connectivity index (χ2n) is 5.84. The Morgan fingerprint density at radius 2 is 2.05 bits per heavy atom. The highest BCUT2D eigenvalue weighted by Gasteiger charge is 2.33. The van der Waals surface area contributed by atoms with Gasteiger partial charge < -0.3 is 5.11 Å². The van der Waals surface area contributed by atoms with E-state index in [-0.39, 0.29) is 6.54 Å². The molecule has 0 saturated heterocycles. The first-order valence-corrected chi connectivity index (χ1v) is 7.27. The second kappa shape index (κ2) is 5.33. The zero-order valence-corrected chi connectivity index (χ0v) is 11.2. The van der Waals surface area contributed by atoms with Gasteiger partial charge in [-0.25, -0.2) is 0 Å². The summed E-state index contributed by atoms with van der Waals surface area (Å²) in [5.74, 6) is -0.180. The minimum atomic E-state index is -0.698. The standard InChI is InChI=1S/C16H21NO2/c18-16(19)11-17(14-8-9-14)10-13-6-3-5-12-4-1-2-7-15(12)13/h1-2,4,7,13-14H,3,5-6,8-11H2,(H,18,19). The van der Waals surface area contributed by atoms with Gasteiger partial charge in [0, 0.05) is 12.6 Å². The predicted molar refractivity (Wildman–Crippen MR) is 74.4 cm³/mol. The van der Waals surface area contributed by atoms with E-state index in [1.54, 1.807) is 0 Å². The number of hydrogen-bond donors (Lipinski definition) is 1. The minimum absolute atomic E-state index is 0.198. The summed E-state index contributed by atoms with van der Waals surface area (Å²) in [6, 6.07) is 9.18. The molecule has 3 nitrogen and oxygen atoms in total. The average Bonchev–Trinajstić information content (AvgIpc) is 3.22. The number of benzene rings is 1. The zero-order chi connectivity index (χ0) is 13.2. The van der Waals surface area contributed by atoms with E-state index in [4.69, 9.17) is 5.11 Å². The lowest BCUT2D eigenvalue weighted by Gasteiger charge is -2.30. The number of aryl methyl sites for hydroxylation is 1. The summed E-state index contributed by atoms with van der Waals surface area (Å²) in [6.45, 7) is 1.11. The molecule has 1 unspecified atom stereocenters. The van der Waals surface area contributed by atoms with Crippen LogP contribution in [0.4, 0.5) is 0 Å². The number of carboxylic acid groups (broad SMARTS) is 1. The minimum Gasteiger partial charge on any atom is -0.480 e. The van der Waals surface area contributed by atoms with Crippen molar-refractivity contribution in [2.75, 3.05) is 13.1 Å². The second-order valence-corrected chi connectivity index (χ2v) is 5.84. The molecule has 3 rings (SSSR count). The Hall–Kier alpha value is -1.35. The van der Waals surface area contributed by atoms with Gasteiger partial charge in [0.15, 0.2) is 0 Å². The average molecular weight is 259 g/mol. The van der Waals surface area contributed by atoms with Crippen molar-refractivity contribution in [3.8, 4) is 0 Å². The first-order chi connectivity index (χ1) is 9.24. The summed E-state index contributed by atoms with van der Waals surface area (Å²) in [4.78, 5) is 13.2. The highest BCUT2D eigenvalue weighted by molar-refractivity contribution is 5.69. The summed E-state index contributed by atoms with van der Waals surface area (Å²) >= 11 is 0. The Morgan fingerprint density at radius 1 is 1.26 bits per heavy atom. The molecule has 1 aromatic carbocycles. The van der Waals surface area contributed by atoms with Crippen LogP contribution in [0, 0.1) is 0 Å². The van der Waals surface area contributed by atoms with Crippen LogP contribution in [0.2, 0.25) is 0 Å². The topological polar surface area (TPSA) is 40.5 Å². The summed E-state index contributed by atoms with van der Waals surface area (Å²) < 4.78 is 0. The van der Waals surface area contributed by atoms with Gasteiger partial charge in [-0.05, 0) is 49.1 Å². The lowest BCUT2D eigenvalue weighted by Crippen LogP contribution is -2.36. The maximum atomic E-state index is 11.0. The number of fused-ring (bicyclic) bond motifs is 1. The number of carbonyl (C=O) groups is 1. The summed E-state index contributed by atoms with van der Waals surface area (Å²) in [7, 11) is 0. The predicted octanol–water partition coefficient (Wildman–Crippen LogP) is 2.66. The Bertz CT molecular complexity index is 468. The molecule has 1 aromatic rings. The maximum Gasteiger partial charge on any atom is 0.317 e. The smallest absolute Gasteiger partial charge is 0.317 e. The number of aliphatic carboxylic acids is 1. The normalized spacial score (nSPS) is 22.3. The van der Waals surface area contributed by atoms with E-state index in [0.717, 1.165) is 6.54 Å². The molecule has 19 heavy (non-hydrogen) atoms. The number of rotatable bonds is 5. The Kier molecular flexibility index (Phi) is 3.56. The molecule has 0 aromatic heterocycles. The van der Waals surface area contributed by atoms with Crippen molar-refractivity contribution in [3.05, 3.63) is 35.4 Å². The Balaban J connectivity index is 1.73. The van der Waals surface area contributed by atoms with Crippen LogP contribution >= 0.6 is 0 Å². The summed E-state index contributed by atoms with van der Waals surface area (Å²) in [5.41, 5.74) is 2.91. The molecule has 0 amide bonds. The largest absolute Gasteiger partial charge is 0.480 e. The molecule has 102 valence electrons. The van der Waals surface area contributed by atoms with Crippen LogP contribution in [0.25, 0.3) is 0 Å². The van der Waals surface area contributed by atoms with Crippen LogP contribution in [0.1, 0.15) is 42.7 Å². The van der Waals surface area contributed by atoms with E-state index in [2.05, 4.69) is 29.2 Å². The van der Waals surface area contributed by atoms with Crippen molar-refractivity contribution in [1.82, 2.24) is 4.90 Å². The molecule has 1 atom stereocenters. The van der Waals surface area contributed by atoms with Gasteiger partial charge >= 0.3 is 5.97 Å². The van der Waals surface area contributed by atoms with Crippen molar-refractivity contribution in [3.63, 3.8) is 0 Å². The van der Waals surface area contributed by atoms with E-state index < -0.39 is 5.97 Å². The molecule has 0 spiro atoms. The Labute approximate surface area is 114 Å². The fraction of sp³-hybridized carbons (Fsp3) is 0.562. The van der Waals surface area contributed by atoms with E-state index in [1.807, 2.05) is 0 Å². The number of hydrogen-bond acceptors (Lipinski definition) is 2. The lowest BCUT2D eigenvalue weighted by atomic mass is 9.82. The van der Waals surface area contributed by atoms with E-state index >= 15 is 0 Å². The molecular weight excluding hydrogens is 238 g/mol. The van der Waals surface area contributed by atoms with Crippen LogP contribution < -0.4 is 0 Å².